The second-order valence-corrected chi connectivity index (χ2v) is 6.12. The summed E-state index contributed by atoms with van der Waals surface area (Å²) in [7, 11) is 0. The Bertz CT molecular complexity index is 645. The number of fused-ring (bicyclic) bond motifs is 1. The van der Waals surface area contributed by atoms with E-state index in [9.17, 15) is 0 Å². The summed E-state index contributed by atoms with van der Waals surface area (Å²) in [5, 5.41) is 4.43. The molecule has 3 rings (SSSR count). The summed E-state index contributed by atoms with van der Waals surface area (Å²) in [6.07, 6.45) is 0. The number of hydrogen-bond acceptors (Lipinski definition) is 3. The van der Waals surface area contributed by atoms with E-state index in [1.165, 1.54) is 11.3 Å². The molecule has 1 aliphatic heterocycles. The summed E-state index contributed by atoms with van der Waals surface area (Å²) in [6.45, 7) is 4.74. The normalized spacial score (nSPS) is 18.2. The van der Waals surface area contributed by atoms with Crippen molar-refractivity contribution in [3.05, 3.63) is 57.8 Å². The van der Waals surface area contributed by atoms with Crippen LogP contribution in [0.4, 0.5) is 5.69 Å². The van der Waals surface area contributed by atoms with Crippen molar-refractivity contribution in [3.63, 3.8) is 0 Å². The van der Waals surface area contributed by atoms with E-state index in [-0.39, 0.29) is 0 Å². The van der Waals surface area contributed by atoms with E-state index in [1.54, 1.807) is 6.07 Å². The van der Waals surface area contributed by atoms with Crippen molar-refractivity contribution in [2.45, 2.75) is 26.1 Å². The Labute approximate surface area is 134 Å². The Morgan fingerprint density at radius 3 is 2.86 bits per heavy atom. The molecule has 0 radical (unpaired) electrons. The number of para-hydroxylation sites is 1. The summed E-state index contributed by atoms with van der Waals surface area (Å²) in [4.78, 5) is 6.47. The Hall–Kier alpha value is -1.29. The van der Waals surface area contributed by atoms with Crippen molar-refractivity contribution < 1.29 is 0 Å². The number of aromatic nitrogens is 1. The van der Waals surface area contributed by atoms with Gasteiger partial charge in [0.2, 0.25) is 0 Å². The number of rotatable bonds is 2. The highest BCUT2D eigenvalue weighted by Gasteiger charge is 2.19. The Kier molecular flexibility index (Phi) is 4.34. The van der Waals surface area contributed by atoms with Gasteiger partial charge in [-0.1, -0.05) is 47.5 Å². The van der Waals surface area contributed by atoms with Gasteiger partial charge in [0.05, 0.1) is 0 Å². The van der Waals surface area contributed by atoms with Crippen LogP contribution in [0.2, 0.25) is 10.3 Å². The average molecular weight is 322 g/mol. The van der Waals surface area contributed by atoms with Crippen LogP contribution in [0.3, 0.4) is 0 Å². The molecule has 1 N–H and O–H groups in total. The molecule has 0 spiro atoms. The Balaban J connectivity index is 1.92. The molecular formula is C16H17Cl2N3. The van der Waals surface area contributed by atoms with Crippen molar-refractivity contribution in [1.82, 2.24) is 10.3 Å². The fraction of sp³-hybridized carbons (Fsp3) is 0.312. The minimum absolute atomic E-state index is 0.413. The predicted molar refractivity (Wildman–Crippen MR) is 88.1 cm³/mol. The maximum Gasteiger partial charge on any atom is 0.135 e. The largest absolute Gasteiger partial charge is 0.365 e. The molecule has 21 heavy (non-hydrogen) atoms. The van der Waals surface area contributed by atoms with Gasteiger partial charge in [-0.2, -0.15) is 0 Å². The summed E-state index contributed by atoms with van der Waals surface area (Å²) >= 11 is 12.1. The summed E-state index contributed by atoms with van der Waals surface area (Å²) in [6, 6.07) is 12.6. The molecule has 0 aliphatic carbocycles. The lowest BCUT2D eigenvalue weighted by molar-refractivity contribution is 0.552. The van der Waals surface area contributed by atoms with Gasteiger partial charge in [-0.15, -0.1) is 0 Å². The van der Waals surface area contributed by atoms with Crippen LogP contribution < -0.4 is 10.2 Å². The average Bonchev–Trinajstić information content (AvgIpc) is 2.62. The fourth-order valence-electron chi connectivity index (χ4n) is 2.66. The predicted octanol–water partition coefficient (Wildman–Crippen LogP) is 3.89. The molecule has 1 unspecified atom stereocenters. The van der Waals surface area contributed by atoms with E-state index in [4.69, 9.17) is 23.2 Å². The molecule has 1 aliphatic rings. The van der Waals surface area contributed by atoms with Crippen LogP contribution in [-0.4, -0.2) is 17.6 Å². The van der Waals surface area contributed by atoms with E-state index in [0.717, 1.165) is 25.2 Å². The van der Waals surface area contributed by atoms with Crippen LogP contribution in [0.1, 0.15) is 18.1 Å². The van der Waals surface area contributed by atoms with Crippen LogP contribution in [0.15, 0.2) is 36.4 Å². The van der Waals surface area contributed by atoms with Crippen LogP contribution in [0.25, 0.3) is 0 Å². The highest BCUT2D eigenvalue weighted by Crippen LogP contribution is 2.27. The maximum atomic E-state index is 6.22. The first-order chi connectivity index (χ1) is 10.1. The molecule has 1 aromatic carbocycles. The second kappa shape index (κ2) is 6.22. The highest BCUT2D eigenvalue weighted by atomic mass is 35.5. The van der Waals surface area contributed by atoms with Gasteiger partial charge in [-0.3, -0.25) is 0 Å². The van der Waals surface area contributed by atoms with Gasteiger partial charge in [0.25, 0.3) is 0 Å². The third-order valence-electron chi connectivity index (χ3n) is 3.72. The van der Waals surface area contributed by atoms with E-state index in [2.05, 4.69) is 46.4 Å². The first-order valence-electron chi connectivity index (χ1n) is 7.00. The van der Waals surface area contributed by atoms with Gasteiger partial charge in [0.15, 0.2) is 0 Å². The summed E-state index contributed by atoms with van der Waals surface area (Å²) < 4.78 is 0. The van der Waals surface area contributed by atoms with Gasteiger partial charge in [0, 0.05) is 36.9 Å². The molecular weight excluding hydrogens is 305 g/mol. The number of nitrogens with one attached hydrogen (secondary N) is 1. The van der Waals surface area contributed by atoms with Gasteiger partial charge in [0.1, 0.15) is 10.3 Å². The summed E-state index contributed by atoms with van der Waals surface area (Å²) in [5.41, 5.74) is 3.55. The minimum atomic E-state index is 0.413. The van der Waals surface area contributed by atoms with E-state index in [1.807, 2.05) is 6.07 Å². The molecule has 3 nitrogen and oxygen atoms in total. The number of hydrogen-bond donors (Lipinski definition) is 1. The molecule has 5 heteroatoms. The van der Waals surface area contributed by atoms with Gasteiger partial charge >= 0.3 is 0 Å². The zero-order chi connectivity index (χ0) is 14.8. The quantitative estimate of drug-likeness (QED) is 0.850. The van der Waals surface area contributed by atoms with Gasteiger partial charge in [-0.05, 0) is 24.6 Å². The third-order valence-corrected chi connectivity index (χ3v) is 4.26. The fourth-order valence-corrected chi connectivity index (χ4v) is 3.07. The van der Waals surface area contributed by atoms with Crippen molar-refractivity contribution in [2.24, 2.45) is 0 Å². The number of nitrogens with zero attached hydrogens (tertiary/aromatic N) is 2. The Morgan fingerprint density at radius 2 is 2.05 bits per heavy atom. The zero-order valence-electron chi connectivity index (χ0n) is 11.8. The molecule has 0 fully saturated rings. The molecule has 2 heterocycles. The Morgan fingerprint density at radius 1 is 1.24 bits per heavy atom. The van der Waals surface area contributed by atoms with Crippen LogP contribution in [-0.2, 0) is 13.1 Å². The zero-order valence-corrected chi connectivity index (χ0v) is 13.3. The van der Waals surface area contributed by atoms with Crippen LogP contribution in [0, 0.1) is 0 Å². The first kappa shape index (κ1) is 14.6. The lowest BCUT2D eigenvalue weighted by Crippen LogP contribution is -2.35. The van der Waals surface area contributed by atoms with Gasteiger partial charge < -0.3 is 10.2 Å². The van der Waals surface area contributed by atoms with Crippen molar-refractivity contribution in [1.29, 1.82) is 0 Å². The molecule has 1 aromatic heterocycles. The molecule has 2 aromatic rings. The van der Waals surface area contributed by atoms with Crippen molar-refractivity contribution >= 4 is 28.9 Å². The number of benzene rings is 1. The van der Waals surface area contributed by atoms with Crippen LogP contribution >= 0.6 is 23.2 Å². The molecule has 1 atom stereocenters. The smallest absolute Gasteiger partial charge is 0.135 e. The minimum Gasteiger partial charge on any atom is -0.365 e. The van der Waals surface area contributed by atoms with E-state index >= 15 is 0 Å². The third kappa shape index (κ3) is 3.31. The molecule has 0 saturated carbocycles. The van der Waals surface area contributed by atoms with Gasteiger partial charge in [-0.25, -0.2) is 4.98 Å². The number of anilines is 1. The van der Waals surface area contributed by atoms with Crippen molar-refractivity contribution in [3.8, 4) is 0 Å². The topological polar surface area (TPSA) is 28.2 Å². The standard InChI is InChI=1S/C16H17Cl2N3/c1-11-9-21(10-13-6-7-15(17)20-16(13)18)14-5-3-2-4-12(14)8-19-11/h2-7,11,19H,8-10H2,1H3. The first-order valence-corrected chi connectivity index (χ1v) is 7.76. The summed E-state index contributed by atoms with van der Waals surface area (Å²) in [5.74, 6) is 0. The molecule has 0 bridgehead atoms. The molecule has 110 valence electrons. The maximum absolute atomic E-state index is 6.22. The number of pyridine rings is 1. The van der Waals surface area contributed by atoms with Crippen LogP contribution in [0.5, 0.6) is 0 Å². The molecule has 0 saturated heterocycles. The van der Waals surface area contributed by atoms with Crippen molar-refractivity contribution in [2.75, 3.05) is 11.4 Å². The second-order valence-electron chi connectivity index (χ2n) is 5.38. The van der Waals surface area contributed by atoms with E-state index in [0.29, 0.717) is 16.3 Å². The highest BCUT2D eigenvalue weighted by molar-refractivity contribution is 6.32. The monoisotopic (exact) mass is 321 g/mol. The lowest BCUT2D eigenvalue weighted by atomic mass is 10.1. The molecule has 0 amide bonds. The number of halogens is 2. The lowest BCUT2D eigenvalue weighted by Gasteiger charge is -2.26. The SMILES string of the molecule is CC1CN(Cc2ccc(Cl)nc2Cl)c2ccccc2CN1. The van der Waals surface area contributed by atoms with E-state index < -0.39 is 0 Å².